The van der Waals surface area contributed by atoms with Crippen molar-refractivity contribution in [1.82, 2.24) is 4.98 Å². The maximum absolute atomic E-state index is 13.6. The summed E-state index contributed by atoms with van der Waals surface area (Å²) < 4.78 is 19.4. The second-order valence-electron chi connectivity index (χ2n) is 6.49. The fourth-order valence-corrected chi connectivity index (χ4v) is 3.05. The van der Waals surface area contributed by atoms with Crippen molar-refractivity contribution in [2.75, 3.05) is 12.0 Å². The molecule has 0 atom stereocenters. The van der Waals surface area contributed by atoms with Crippen molar-refractivity contribution in [3.05, 3.63) is 65.3 Å². The van der Waals surface area contributed by atoms with Crippen LogP contribution in [0.25, 0.3) is 11.3 Å². The number of hydrogen-bond acceptors (Lipinski definition) is 5. The molecule has 0 amide bonds. The van der Waals surface area contributed by atoms with Crippen LogP contribution in [0.5, 0.6) is 5.75 Å². The molecular formula is C21H22FN3OS. The van der Waals surface area contributed by atoms with Crippen LogP contribution < -0.4 is 10.2 Å². The summed E-state index contributed by atoms with van der Waals surface area (Å²) in [5.74, 6) is 0.841. The van der Waals surface area contributed by atoms with Gasteiger partial charge in [0.1, 0.15) is 11.6 Å². The van der Waals surface area contributed by atoms with Crippen molar-refractivity contribution < 1.29 is 9.13 Å². The maximum Gasteiger partial charge on any atom is 0.203 e. The van der Waals surface area contributed by atoms with Gasteiger partial charge in [0, 0.05) is 16.5 Å². The molecule has 140 valence electrons. The molecule has 0 saturated heterocycles. The van der Waals surface area contributed by atoms with Crippen molar-refractivity contribution in [3.8, 4) is 17.0 Å². The number of hydrogen-bond donors (Lipinski definition) is 1. The smallest absolute Gasteiger partial charge is 0.203 e. The minimum atomic E-state index is -0.326. The van der Waals surface area contributed by atoms with Crippen LogP contribution in [0.15, 0.2) is 59.0 Å². The van der Waals surface area contributed by atoms with Crippen LogP contribution in [-0.2, 0) is 0 Å². The highest BCUT2D eigenvalue weighted by Gasteiger charge is 2.06. The molecule has 0 unspecified atom stereocenters. The number of nitrogens with zero attached hydrogens (tertiary/aromatic N) is 2. The lowest BCUT2D eigenvalue weighted by atomic mass is 10.1. The molecule has 1 aromatic heterocycles. The Bertz CT molecular complexity index is 893. The lowest BCUT2D eigenvalue weighted by Gasteiger charge is -2.10. The maximum atomic E-state index is 13.6. The van der Waals surface area contributed by atoms with Gasteiger partial charge in [0.05, 0.1) is 18.5 Å². The standard InChI is InChI=1S/C21H22FN3OS/c1-15(2)10-11-26-20-9-8-18(22)12-17(20)13-23-25-21-24-19(14-27-21)16-6-4-3-5-7-16/h3-9,12-15H,10-11H2,1-2H3,(H,24,25). The van der Waals surface area contributed by atoms with E-state index >= 15 is 0 Å². The van der Waals surface area contributed by atoms with Gasteiger partial charge in [-0.1, -0.05) is 44.2 Å². The molecule has 0 radical (unpaired) electrons. The molecule has 0 aliphatic carbocycles. The van der Waals surface area contributed by atoms with Crippen molar-refractivity contribution in [2.45, 2.75) is 20.3 Å². The van der Waals surface area contributed by atoms with E-state index < -0.39 is 0 Å². The summed E-state index contributed by atoms with van der Waals surface area (Å²) in [6.07, 6.45) is 2.49. The molecule has 4 nitrogen and oxygen atoms in total. The van der Waals surface area contributed by atoms with Crippen LogP contribution in [0, 0.1) is 11.7 Å². The number of halogens is 1. The van der Waals surface area contributed by atoms with Gasteiger partial charge in [-0.05, 0) is 30.5 Å². The van der Waals surface area contributed by atoms with Gasteiger partial charge in [-0.25, -0.2) is 9.37 Å². The molecule has 1 N–H and O–H groups in total. The van der Waals surface area contributed by atoms with E-state index in [1.54, 1.807) is 12.3 Å². The molecular weight excluding hydrogens is 361 g/mol. The number of aromatic nitrogens is 1. The Morgan fingerprint density at radius 1 is 1.22 bits per heavy atom. The first-order chi connectivity index (χ1) is 13.1. The van der Waals surface area contributed by atoms with Gasteiger partial charge in [-0.15, -0.1) is 11.3 Å². The fourth-order valence-electron chi connectivity index (χ4n) is 2.38. The SMILES string of the molecule is CC(C)CCOc1ccc(F)cc1C=NNc1nc(-c2ccccc2)cs1. The second kappa shape index (κ2) is 9.28. The van der Waals surface area contributed by atoms with E-state index in [0.717, 1.165) is 17.7 Å². The number of thiazole rings is 1. The monoisotopic (exact) mass is 383 g/mol. The largest absolute Gasteiger partial charge is 0.493 e. The second-order valence-corrected chi connectivity index (χ2v) is 7.35. The number of nitrogens with one attached hydrogen (secondary N) is 1. The topological polar surface area (TPSA) is 46.5 Å². The molecule has 27 heavy (non-hydrogen) atoms. The van der Waals surface area contributed by atoms with Gasteiger partial charge in [-0.2, -0.15) is 5.10 Å². The van der Waals surface area contributed by atoms with E-state index in [1.807, 2.05) is 35.7 Å². The van der Waals surface area contributed by atoms with Crippen LogP contribution in [0.2, 0.25) is 0 Å². The first-order valence-electron chi connectivity index (χ1n) is 8.84. The van der Waals surface area contributed by atoms with E-state index in [0.29, 0.717) is 29.0 Å². The van der Waals surface area contributed by atoms with Crippen LogP contribution in [0.3, 0.4) is 0 Å². The first kappa shape index (κ1) is 19.0. The summed E-state index contributed by atoms with van der Waals surface area (Å²) in [5, 5.41) is 6.83. The van der Waals surface area contributed by atoms with Crippen LogP contribution in [-0.4, -0.2) is 17.8 Å². The summed E-state index contributed by atoms with van der Waals surface area (Å²) in [5.41, 5.74) is 5.44. The zero-order chi connectivity index (χ0) is 19.1. The molecule has 1 heterocycles. The molecule has 6 heteroatoms. The highest BCUT2D eigenvalue weighted by molar-refractivity contribution is 7.14. The molecule has 0 saturated carbocycles. The average Bonchev–Trinajstić information content (AvgIpc) is 3.13. The van der Waals surface area contributed by atoms with Crippen molar-refractivity contribution in [1.29, 1.82) is 0 Å². The van der Waals surface area contributed by atoms with Gasteiger partial charge < -0.3 is 4.74 Å². The van der Waals surface area contributed by atoms with Crippen molar-refractivity contribution in [3.63, 3.8) is 0 Å². The van der Waals surface area contributed by atoms with Gasteiger partial charge >= 0.3 is 0 Å². The molecule has 0 aliphatic heterocycles. The Hall–Kier alpha value is -2.73. The van der Waals surface area contributed by atoms with Gasteiger partial charge in [0.2, 0.25) is 5.13 Å². The zero-order valence-corrected chi connectivity index (χ0v) is 16.2. The number of anilines is 1. The number of hydrazone groups is 1. The molecule has 0 bridgehead atoms. The number of benzene rings is 2. The Morgan fingerprint density at radius 3 is 2.81 bits per heavy atom. The van der Waals surface area contributed by atoms with Crippen molar-refractivity contribution >= 4 is 22.7 Å². The van der Waals surface area contributed by atoms with E-state index in [4.69, 9.17) is 4.74 Å². The predicted molar refractivity (Wildman–Crippen MR) is 110 cm³/mol. The predicted octanol–water partition coefficient (Wildman–Crippen LogP) is 5.82. The van der Waals surface area contributed by atoms with Gasteiger partial charge in [0.15, 0.2) is 0 Å². The van der Waals surface area contributed by atoms with E-state index in [2.05, 4.69) is 29.4 Å². The summed E-state index contributed by atoms with van der Waals surface area (Å²) in [6, 6.07) is 14.4. The number of ether oxygens (including phenoxy) is 1. The quantitative estimate of drug-likeness (QED) is 0.394. The lowest BCUT2D eigenvalue weighted by Crippen LogP contribution is -2.04. The van der Waals surface area contributed by atoms with E-state index in [9.17, 15) is 4.39 Å². The molecule has 2 aromatic carbocycles. The van der Waals surface area contributed by atoms with Gasteiger partial charge in [-0.3, -0.25) is 5.43 Å². The van der Waals surface area contributed by atoms with E-state index in [1.165, 1.54) is 23.5 Å². The highest BCUT2D eigenvalue weighted by atomic mass is 32.1. The van der Waals surface area contributed by atoms with Gasteiger partial charge in [0.25, 0.3) is 0 Å². The molecule has 3 rings (SSSR count). The zero-order valence-electron chi connectivity index (χ0n) is 15.4. The molecule has 0 fully saturated rings. The van der Waals surface area contributed by atoms with Crippen LogP contribution in [0.1, 0.15) is 25.8 Å². The molecule has 3 aromatic rings. The first-order valence-corrected chi connectivity index (χ1v) is 9.72. The third kappa shape index (κ3) is 5.62. The van der Waals surface area contributed by atoms with Crippen molar-refractivity contribution in [2.24, 2.45) is 11.0 Å². The van der Waals surface area contributed by atoms with Crippen LogP contribution in [0.4, 0.5) is 9.52 Å². The highest BCUT2D eigenvalue weighted by Crippen LogP contribution is 2.24. The summed E-state index contributed by atoms with van der Waals surface area (Å²) in [4.78, 5) is 4.51. The molecule has 0 aliphatic rings. The summed E-state index contributed by atoms with van der Waals surface area (Å²) in [6.45, 7) is 4.86. The Kier molecular flexibility index (Phi) is 6.54. The third-order valence-electron chi connectivity index (χ3n) is 3.86. The average molecular weight is 383 g/mol. The third-order valence-corrected chi connectivity index (χ3v) is 4.61. The normalized spacial score (nSPS) is 11.3. The summed E-state index contributed by atoms with van der Waals surface area (Å²) >= 11 is 1.46. The summed E-state index contributed by atoms with van der Waals surface area (Å²) in [7, 11) is 0. The number of rotatable bonds is 8. The molecule has 0 spiro atoms. The Morgan fingerprint density at radius 2 is 2.04 bits per heavy atom. The Labute approximate surface area is 162 Å². The minimum Gasteiger partial charge on any atom is -0.493 e. The van der Waals surface area contributed by atoms with E-state index in [-0.39, 0.29) is 5.82 Å². The minimum absolute atomic E-state index is 0.326. The lowest BCUT2D eigenvalue weighted by molar-refractivity contribution is 0.289. The fraction of sp³-hybridized carbons (Fsp3) is 0.238. The Balaban J connectivity index is 1.66. The van der Waals surface area contributed by atoms with Crippen LogP contribution >= 0.6 is 11.3 Å².